The molecule has 8 aromatic carbocycles. The smallest absolute Gasteiger partial charge is 0.0568 e. The van der Waals surface area contributed by atoms with Gasteiger partial charge >= 0.3 is 0 Å². The van der Waals surface area contributed by atoms with Gasteiger partial charge in [-0.3, -0.25) is 0 Å². The molecule has 0 saturated carbocycles. The molecule has 0 amide bonds. The van der Waals surface area contributed by atoms with Crippen molar-refractivity contribution in [3.8, 4) is 39.1 Å². The monoisotopic (exact) mass is 678 g/mol. The van der Waals surface area contributed by atoms with E-state index in [9.17, 15) is 0 Å². The van der Waals surface area contributed by atoms with Crippen LogP contribution in [0, 0.1) is 0 Å². The summed E-state index contributed by atoms with van der Waals surface area (Å²) < 4.78 is 2.43. The average Bonchev–Trinajstić information content (AvgIpc) is 3.67. The zero-order valence-corrected chi connectivity index (χ0v) is 29.9. The molecule has 0 saturated heterocycles. The molecule has 0 radical (unpaired) electrons. The lowest BCUT2D eigenvalue weighted by atomic mass is 9.82. The molecule has 9 aromatic rings. The molecule has 1 aliphatic carbocycles. The van der Waals surface area contributed by atoms with Gasteiger partial charge in [0.1, 0.15) is 0 Å². The molecule has 0 bridgehead atoms. The lowest BCUT2D eigenvalue weighted by Crippen LogP contribution is -2.16. The van der Waals surface area contributed by atoms with Gasteiger partial charge in [0.2, 0.25) is 0 Å². The summed E-state index contributed by atoms with van der Waals surface area (Å²) in [7, 11) is 0. The van der Waals surface area contributed by atoms with Gasteiger partial charge in [-0.25, -0.2) is 0 Å². The summed E-state index contributed by atoms with van der Waals surface area (Å²) in [4.78, 5) is 2.44. The second kappa shape index (κ2) is 12.3. The Bertz CT molecular complexity index is 2790. The number of nitrogens with zero attached hydrogens (tertiary/aromatic N) is 2. The van der Waals surface area contributed by atoms with Crippen molar-refractivity contribution in [3.05, 3.63) is 205 Å². The number of para-hydroxylation sites is 3. The summed E-state index contributed by atoms with van der Waals surface area (Å²) in [5, 5.41) is 2.48. The fourth-order valence-corrected chi connectivity index (χ4v) is 8.65. The molecule has 53 heavy (non-hydrogen) atoms. The van der Waals surface area contributed by atoms with E-state index >= 15 is 0 Å². The summed E-state index contributed by atoms with van der Waals surface area (Å²) >= 11 is 0. The highest BCUT2D eigenvalue weighted by Crippen LogP contribution is 2.51. The molecule has 1 aliphatic rings. The van der Waals surface area contributed by atoms with Crippen LogP contribution in [0.4, 0.5) is 17.1 Å². The van der Waals surface area contributed by atoms with Crippen LogP contribution in [0.25, 0.3) is 60.9 Å². The number of anilines is 3. The Hall–Kier alpha value is -6.64. The minimum absolute atomic E-state index is 0.114. The van der Waals surface area contributed by atoms with E-state index in [1.165, 1.54) is 66.3 Å². The third-order valence-corrected chi connectivity index (χ3v) is 11.2. The summed E-state index contributed by atoms with van der Waals surface area (Å²) in [5.41, 5.74) is 16.9. The van der Waals surface area contributed by atoms with Crippen LogP contribution in [0.15, 0.2) is 194 Å². The van der Waals surface area contributed by atoms with Crippen molar-refractivity contribution < 1.29 is 0 Å². The number of hydrogen-bond acceptors (Lipinski definition) is 1. The standard InChI is InChI=1S/C51H38N2/c1-51(2)46-27-14-12-25-42(46)43-30-29-40(33-47(43)51)52(38-21-8-4-9-22-38)41-32-45(37-20-16-19-36(31-37)35-17-6-3-7-18-35)50-44-26-13-15-28-48(44)53(49(50)34-41)39-23-10-5-11-24-39/h3-34H,1-2H3. The summed E-state index contributed by atoms with van der Waals surface area (Å²) in [6.07, 6.45) is 0. The molecular formula is C51H38N2. The minimum atomic E-state index is -0.114. The topological polar surface area (TPSA) is 8.17 Å². The van der Waals surface area contributed by atoms with Gasteiger partial charge in [-0.1, -0.05) is 147 Å². The van der Waals surface area contributed by atoms with Crippen LogP contribution in [-0.4, -0.2) is 4.57 Å². The first-order valence-electron chi connectivity index (χ1n) is 18.4. The predicted octanol–water partition coefficient (Wildman–Crippen LogP) is 13.9. The SMILES string of the molecule is CC1(C)c2ccccc2-c2ccc(N(c3ccccc3)c3cc(-c4cccc(-c5ccccc5)c4)c4c5ccccc5n(-c5ccccc5)c4c3)cc21. The third-order valence-electron chi connectivity index (χ3n) is 11.2. The molecule has 252 valence electrons. The Kier molecular flexibility index (Phi) is 7.19. The van der Waals surface area contributed by atoms with Crippen molar-refractivity contribution in [3.63, 3.8) is 0 Å². The molecule has 0 fully saturated rings. The normalized spacial score (nSPS) is 12.9. The van der Waals surface area contributed by atoms with Gasteiger partial charge in [0.15, 0.2) is 0 Å². The first-order chi connectivity index (χ1) is 26.1. The molecule has 0 N–H and O–H groups in total. The molecule has 0 aliphatic heterocycles. The second-order valence-corrected chi connectivity index (χ2v) is 14.6. The second-order valence-electron chi connectivity index (χ2n) is 14.6. The van der Waals surface area contributed by atoms with Crippen molar-refractivity contribution in [2.45, 2.75) is 19.3 Å². The summed E-state index contributed by atoms with van der Waals surface area (Å²) in [6, 6.07) is 70.9. The van der Waals surface area contributed by atoms with Crippen LogP contribution in [-0.2, 0) is 5.41 Å². The zero-order chi connectivity index (χ0) is 35.5. The number of rotatable bonds is 6. The Morgan fingerprint density at radius 2 is 1.04 bits per heavy atom. The fourth-order valence-electron chi connectivity index (χ4n) is 8.65. The van der Waals surface area contributed by atoms with Gasteiger partial charge in [0, 0.05) is 38.9 Å². The van der Waals surface area contributed by atoms with E-state index < -0.39 is 0 Å². The highest BCUT2D eigenvalue weighted by Gasteiger charge is 2.36. The van der Waals surface area contributed by atoms with Crippen molar-refractivity contribution >= 4 is 38.9 Å². The van der Waals surface area contributed by atoms with Crippen molar-refractivity contribution in [1.29, 1.82) is 0 Å². The molecule has 2 heteroatoms. The van der Waals surface area contributed by atoms with E-state index in [1.807, 2.05) is 0 Å². The number of aromatic nitrogens is 1. The molecule has 0 atom stereocenters. The summed E-state index contributed by atoms with van der Waals surface area (Å²) in [5.74, 6) is 0. The molecule has 1 aromatic heterocycles. The van der Waals surface area contributed by atoms with Crippen LogP contribution in [0.3, 0.4) is 0 Å². The molecule has 0 unspecified atom stereocenters. The quantitative estimate of drug-likeness (QED) is 0.170. The fraction of sp³-hybridized carbons (Fsp3) is 0.0588. The lowest BCUT2D eigenvalue weighted by Gasteiger charge is -2.29. The average molecular weight is 679 g/mol. The van der Waals surface area contributed by atoms with Crippen LogP contribution < -0.4 is 4.90 Å². The van der Waals surface area contributed by atoms with Gasteiger partial charge in [-0.15, -0.1) is 0 Å². The number of fused-ring (bicyclic) bond motifs is 6. The van der Waals surface area contributed by atoms with Gasteiger partial charge < -0.3 is 9.47 Å². The van der Waals surface area contributed by atoms with Crippen molar-refractivity contribution in [2.75, 3.05) is 4.90 Å². The maximum Gasteiger partial charge on any atom is 0.0568 e. The zero-order valence-electron chi connectivity index (χ0n) is 29.9. The Balaban J connectivity index is 1.28. The molecule has 10 rings (SSSR count). The molecule has 1 heterocycles. The lowest BCUT2D eigenvalue weighted by molar-refractivity contribution is 0.660. The van der Waals surface area contributed by atoms with E-state index in [4.69, 9.17) is 0 Å². The highest BCUT2D eigenvalue weighted by atomic mass is 15.1. The van der Waals surface area contributed by atoms with Crippen LogP contribution in [0.5, 0.6) is 0 Å². The number of benzene rings is 8. The maximum atomic E-state index is 2.44. The molecule has 2 nitrogen and oxygen atoms in total. The van der Waals surface area contributed by atoms with Crippen molar-refractivity contribution in [2.24, 2.45) is 0 Å². The first kappa shape index (κ1) is 31.1. The number of hydrogen-bond donors (Lipinski definition) is 0. The van der Waals surface area contributed by atoms with E-state index in [-0.39, 0.29) is 5.41 Å². The first-order valence-corrected chi connectivity index (χ1v) is 18.4. The van der Waals surface area contributed by atoms with E-state index in [0.29, 0.717) is 0 Å². The molecular weight excluding hydrogens is 641 g/mol. The van der Waals surface area contributed by atoms with Crippen molar-refractivity contribution in [1.82, 2.24) is 4.57 Å². The van der Waals surface area contributed by atoms with E-state index in [0.717, 1.165) is 22.7 Å². The van der Waals surface area contributed by atoms with E-state index in [2.05, 4.69) is 217 Å². The Morgan fingerprint density at radius 1 is 0.396 bits per heavy atom. The largest absolute Gasteiger partial charge is 0.310 e. The highest BCUT2D eigenvalue weighted by molar-refractivity contribution is 6.17. The Morgan fingerprint density at radius 3 is 1.85 bits per heavy atom. The molecule has 0 spiro atoms. The third kappa shape index (κ3) is 5.02. The predicted molar refractivity (Wildman–Crippen MR) is 224 cm³/mol. The van der Waals surface area contributed by atoms with Gasteiger partial charge in [0.25, 0.3) is 0 Å². The van der Waals surface area contributed by atoms with Gasteiger partial charge in [-0.2, -0.15) is 0 Å². The Labute approximate surface area is 310 Å². The van der Waals surface area contributed by atoms with Crippen LogP contribution >= 0.6 is 0 Å². The minimum Gasteiger partial charge on any atom is -0.310 e. The van der Waals surface area contributed by atoms with Gasteiger partial charge in [0.05, 0.1) is 11.0 Å². The van der Waals surface area contributed by atoms with Crippen LogP contribution in [0.2, 0.25) is 0 Å². The van der Waals surface area contributed by atoms with E-state index in [1.54, 1.807) is 0 Å². The van der Waals surface area contributed by atoms with Crippen LogP contribution in [0.1, 0.15) is 25.0 Å². The summed E-state index contributed by atoms with van der Waals surface area (Å²) in [6.45, 7) is 4.72. The van der Waals surface area contributed by atoms with Gasteiger partial charge in [-0.05, 0) is 105 Å². The maximum absolute atomic E-state index is 2.44.